The maximum atomic E-state index is 12.8. The van der Waals surface area contributed by atoms with Crippen LogP contribution in [0.3, 0.4) is 0 Å². The minimum absolute atomic E-state index is 0.212. The maximum Gasteiger partial charge on any atom is 0.243 e. The number of sulfonamides is 1. The number of likely N-dealkylation sites (N-methyl/N-ethyl adjacent to an activating group) is 1. The third-order valence-electron chi connectivity index (χ3n) is 4.15. The van der Waals surface area contributed by atoms with E-state index in [1.807, 2.05) is 7.05 Å². The Morgan fingerprint density at radius 1 is 1.18 bits per heavy atom. The Morgan fingerprint density at radius 2 is 1.95 bits per heavy atom. The summed E-state index contributed by atoms with van der Waals surface area (Å²) in [6.07, 6.45) is 2.67. The molecule has 0 saturated carbocycles. The lowest BCUT2D eigenvalue weighted by atomic mass is 10.1. The van der Waals surface area contributed by atoms with Gasteiger partial charge in [-0.3, -0.25) is 0 Å². The second-order valence-electron chi connectivity index (χ2n) is 5.65. The number of fused-ring (bicyclic) bond motifs is 1. The first-order chi connectivity index (χ1) is 10.6. The predicted molar refractivity (Wildman–Crippen MR) is 82.9 cm³/mol. The van der Waals surface area contributed by atoms with Gasteiger partial charge in [0, 0.05) is 31.6 Å². The van der Waals surface area contributed by atoms with Crippen LogP contribution in [0, 0.1) is 0 Å². The second kappa shape index (κ2) is 6.44. The van der Waals surface area contributed by atoms with E-state index in [9.17, 15) is 8.42 Å². The van der Waals surface area contributed by atoms with Crippen LogP contribution < -0.4 is 14.8 Å². The highest BCUT2D eigenvalue weighted by Gasteiger charge is 2.30. The van der Waals surface area contributed by atoms with Crippen LogP contribution in [0.1, 0.15) is 19.3 Å². The first-order valence-corrected chi connectivity index (χ1v) is 9.12. The van der Waals surface area contributed by atoms with Gasteiger partial charge in [0.15, 0.2) is 11.5 Å². The van der Waals surface area contributed by atoms with Crippen LogP contribution in [-0.2, 0) is 10.0 Å². The van der Waals surface area contributed by atoms with Gasteiger partial charge in [0.1, 0.15) is 0 Å². The Hall–Kier alpha value is -1.31. The number of nitrogens with one attached hydrogen (secondary N) is 1. The van der Waals surface area contributed by atoms with Gasteiger partial charge >= 0.3 is 0 Å². The van der Waals surface area contributed by atoms with Crippen molar-refractivity contribution in [2.24, 2.45) is 0 Å². The highest BCUT2D eigenvalue weighted by molar-refractivity contribution is 7.89. The summed E-state index contributed by atoms with van der Waals surface area (Å²) in [5.41, 5.74) is 0. The molecule has 1 aromatic carbocycles. The molecule has 6 nitrogen and oxygen atoms in total. The van der Waals surface area contributed by atoms with E-state index in [1.54, 1.807) is 22.5 Å². The summed E-state index contributed by atoms with van der Waals surface area (Å²) in [7, 11) is -1.62. The van der Waals surface area contributed by atoms with Crippen LogP contribution in [0.5, 0.6) is 11.5 Å². The zero-order valence-corrected chi connectivity index (χ0v) is 13.6. The summed E-state index contributed by atoms with van der Waals surface area (Å²) in [5.74, 6) is 1.13. The lowest BCUT2D eigenvalue weighted by Crippen LogP contribution is -2.46. The smallest absolute Gasteiger partial charge is 0.243 e. The fourth-order valence-corrected chi connectivity index (χ4v) is 4.39. The molecule has 22 heavy (non-hydrogen) atoms. The van der Waals surface area contributed by atoms with Gasteiger partial charge < -0.3 is 14.8 Å². The SMILES string of the molecule is CNC1CCCN(S(=O)(=O)c2ccc3c(c2)OCCCO3)C1. The first kappa shape index (κ1) is 15.6. The lowest BCUT2D eigenvalue weighted by Gasteiger charge is -2.31. The van der Waals surface area contributed by atoms with Gasteiger partial charge in [0.05, 0.1) is 18.1 Å². The van der Waals surface area contributed by atoms with Crippen LogP contribution in [0.2, 0.25) is 0 Å². The molecule has 0 bridgehead atoms. The van der Waals surface area contributed by atoms with Gasteiger partial charge in [-0.05, 0) is 32.0 Å². The molecular weight excluding hydrogens is 304 g/mol. The highest BCUT2D eigenvalue weighted by Crippen LogP contribution is 2.33. The first-order valence-electron chi connectivity index (χ1n) is 7.68. The summed E-state index contributed by atoms with van der Waals surface area (Å²) in [6, 6.07) is 5.08. The van der Waals surface area contributed by atoms with Crippen molar-refractivity contribution < 1.29 is 17.9 Å². The van der Waals surface area contributed by atoms with Crippen LogP contribution in [0.15, 0.2) is 23.1 Å². The fraction of sp³-hybridized carbons (Fsp3) is 0.600. The molecule has 1 fully saturated rings. The number of hydrogen-bond acceptors (Lipinski definition) is 5. The van der Waals surface area contributed by atoms with Crippen molar-refractivity contribution in [3.8, 4) is 11.5 Å². The summed E-state index contributed by atoms with van der Waals surface area (Å²) in [5, 5.41) is 3.16. The van der Waals surface area contributed by atoms with Crippen LogP contribution in [0.4, 0.5) is 0 Å². The van der Waals surface area contributed by atoms with Gasteiger partial charge in [-0.2, -0.15) is 4.31 Å². The van der Waals surface area contributed by atoms with Gasteiger partial charge in [-0.1, -0.05) is 0 Å². The molecule has 1 atom stereocenters. The zero-order valence-electron chi connectivity index (χ0n) is 12.7. The average Bonchev–Trinajstić information content (AvgIpc) is 2.79. The van der Waals surface area contributed by atoms with E-state index in [1.165, 1.54) is 0 Å². The van der Waals surface area contributed by atoms with Crippen molar-refractivity contribution in [1.29, 1.82) is 0 Å². The van der Waals surface area contributed by atoms with Crippen LogP contribution >= 0.6 is 0 Å². The van der Waals surface area contributed by atoms with E-state index >= 15 is 0 Å². The number of hydrogen-bond donors (Lipinski definition) is 1. The monoisotopic (exact) mass is 326 g/mol. The molecule has 2 aliphatic heterocycles. The van der Waals surface area contributed by atoms with Crippen molar-refractivity contribution in [2.45, 2.75) is 30.2 Å². The van der Waals surface area contributed by atoms with Crippen LogP contribution in [0.25, 0.3) is 0 Å². The Labute approximate surface area is 131 Å². The zero-order chi connectivity index (χ0) is 15.6. The van der Waals surface area contributed by atoms with E-state index in [-0.39, 0.29) is 10.9 Å². The minimum atomic E-state index is -3.49. The van der Waals surface area contributed by atoms with Crippen molar-refractivity contribution >= 4 is 10.0 Å². The average molecular weight is 326 g/mol. The number of ether oxygens (including phenoxy) is 2. The van der Waals surface area contributed by atoms with Crippen molar-refractivity contribution in [3.05, 3.63) is 18.2 Å². The van der Waals surface area contributed by atoms with E-state index < -0.39 is 10.0 Å². The van der Waals surface area contributed by atoms with Gasteiger partial charge in [0.2, 0.25) is 10.0 Å². The molecule has 1 saturated heterocycles. The van der Waals surface area contributed by atoms with E-state index in [0.29, 0.717) is 37.8 Å². The standard InChI is InChI=1S/C15H22N2O4S/c1-16-12-4-2-7-17(11-12)22(18,19)13-5-6-14-15(10-13)21-9-3-8-20-14/h5-6,10,12,16H,2-4,7-9,11H2,1H3. The quantitative estimate of drug-likeness (QED) is 0.904. The second-order valence-corrected chi connectivity index (χ2v) is 7.59. The normalized spacial score (nSPS) is 23.0. The summed E-state index contributed by atoms with van der Waals surface area (Å²) in [6.45, 7) is 2.21. The Balaban J connectivity index is 1.87. The summed E-state index contributed by atoms with van der Waals surface area (Å²) >= 11 is 0. The van der Waals surface area contributed by atoms with Crippen molar-refractivity contribution in [1.82, 2.24) is 9.62 Å². The predicted octanol–water partition coefficient (Wildman–Crippen LogP) is 1.22. The Morgan fingerprint density at radius 3 is 2.73 bits per heavy atom. The van der Waals surface area contributed by atoms with Crippen molar-refractivity contribution in [2.75, 3.05) is 33.4 Å². The molecular formula is C15H22N2O4S. The highest BCUT2D eigenvalue weighted by atomic mass is 32.2. The summed E-state index contributed by atoms with van der Waals surface area (Å²) in [4.78, 5) is 0.272. The molecule has 0 spiro atoms. The van der Waals surface area contributed by atoms with E-state index in [2.05, 4.69) is 5.32 Å². The fourth-order valence-electron chi connectivity index (χ4n) is 2.85. The molecule has 0 amide bonds. The molecule has 2 aliphatic rings. The Kier molecular flexibility index (Phi) is 4.56. The topological polar surface area (TPSA) is 67.9 Å². The molecule has 0 aliphatic carbocycles. The number of rotatable bonds is 3. The molecule has 1 N–H and O–H groups in total. The minimum Gasteiger partial charge on any atom is -0.490 e. The molecule has 3 rings (SSSR count). The van der Waals surface area contributed by atoms with Gasteiger partial charge in [0.25, 0.3) is 0 Å². The number of piperidine rings is 1. The van der Waals surface area contributed by atoms with Crippen molar-refractivity contribution in [3.63, 3.8) is 0 Å². The molecule has 0 aromatic heterocycles. The molecule has 1 aromatic rings. The van der Waals surface area contributed by atoms with Crippen LogP contribution in [-0.4, -0.2) is 52.1 Å². The largest absolute Gasteiger partial charge is 0.490 e. The van der Waals surface area contributed by atoms with E-state index in [4.69, 9.17) is 9.47 Å². The molecule has 1 unspecified atom stereocenters. The molecule has 0 radical (unpaired) electrons. The third kappa shape index (κ3) is 3.06. The number of nitrogens with zero attached hydrogens (tertiary/aromatic N) is 1. The summed E-state index contributed by atoms with van der Waals surface area (Å²) < 4.78 is 38.3. The van der Waals surface area contributed by atoms with Gasteiger partial charge in [-0.25, -0.2) is 8.42 Å². The molecule has 7 heteroatoms. The molecule has 122 valence electrons. The third-order valence-corrected chi connectivity index (χ3v) is 6.01. The molecule has 2 heterocycles. The van der Waals surface area contributed by atoms with E-state index in [0.717, 1.165) is 19.3 Å². The Bertz CT molecular complexity index is 632. The van der Waals surface area contributed by atoms with Gasteiger partial charge in [-0.15, -0.1) is 0 Å². The maximum absolute atomic E-state index is 12.8. The lowest BCUT2D eigenvalue weighted by molar-refractivity contribution is 0.292. The number of benzene rings is 1.